The van der Waals surface area contributed by atoms with Crippen molar-refractivity contribution in [2.24, 2.45) is 0 Å². The highest BCUT2D eigenvalue weighted by Gasteiger charge is 2.35. The van der Waals surface area contributed by atoms with Crippen molar-refractivity contribution < 1.29 is 31.6 Å². The zero-order valence-electron chi connectivity index (χ0n) is 17.6. The molecular weight excluding hydrogens is 475 g/mol. The summed E-state index contributed by atoms with van der Waals surface area (Å²) in [5.41, 5.74) is -1.62. The molecule has 0 spiro atoms. The summed E-state index contributed by atoms with van der Waals surface area (Å²) in [6.45, 7) is 0. The van der Waals surface area contributed by atoms with E-state index in [1.54, 1.807) is 0 Å². The summed E-state index contributed by atoms with van der Waals surface area (Å²) in [5.74, 6) is -1.57. The minimum absolute atomic E-state index is 0.0385. The first kappa shape index (κ1) is 24.5. The van der Waals surface area contributed by atoms with E-state index in [2.05, 4.69) is 15.5 Å². The Hall–Kier alpha value is -4.18. The lowest BCUT2D eigenvalue weighted by Crippen LogP contribution is -2.18. The van der Waals surface area contributed by atoms with E-state index in [0.29, 0.717) is 6.07 Å². The van der Waals surface area contributed by atoms with Gasteiger partial charge in [-0.05, 0) is 30.3 Å². The number of alkyl halides is 3. The highest BCUT2D eigenvalue weighted by Crippen LogP contribution is 2.36. The Bertz CT molecular complexity index is 1400. The van der Waals surface area contributed by atoms with Crippen LogP contribution in [0.3, 0.4) is 0 Å². The van der Waals surface area contributed by atoms with E-state index >= 15 is 0 Å². The Labute approximate surface area is 192 Å². The van der Waals surface area contributed by atoms with Crippen LogP contribution in [0, 0.1) is 16.1 Å². The number of carbonyl (C=O) groups is 1. The lowest BCUT2D eigenvalue weighted by molar-refractivity contribution is -0.141. The van der Waals surface area contributed by atoms with Crippen molar-refractivity contribution in [2.75, 3.05) is 18.7 Å². The van der Waals surface area contributed by atoms with Crippen molar-refractivity contribution in [3.05, 3.63) is 65.5 Å². The van der Waals surface area contributed by atoms with Gasteiger partial charge in [-0.1, -0.05) is 6.07 Å². The number of halogens is 3. The summed E-state index contributed by atoms with van der Waals surface area (Å²) in [5, 5.41) is 17.9. The quantitative estimate of drug-likeness (QED) is 0.519. The second kappa shape index (κ2) is 9.36. The molecule has 1 heterocycles. The zero-order chi connectivity index (χ0) is 25.1. The van der Waals surface area contributed by atoms with Gasteiger partial charge in [-0.3, -0.25) is 4.79 Å². The van der Waals surface area contributed by atoms with E-state index in [0.717, 1.165) is 0 Å². The van der Waals surface area contributed by atoms with E-state index in [1.807, 2.05) is 6.07 Å². The molecule has 0 aliphatic carbocycles. The number of nitrogens with zero attached hydrogens (tertiary/aromatic N) is 3. The van der Waals surface area contributed by atoms with Crippen LogP contribution in [0.1, 0.15) is 21.7 Å². The van der Waals surface area contributed by atoms with Crippen LogP contribution in [0.5, 0.6) is 17.2 Å². The third kappa shape index (κ3) is 5.59. The van der Waals surface area contributed by atoms with Gasteiger partial charge in [0.25, 0.3) is 5.91 Å². The first-order chi connectivity index (χ1) is 15.9. The lowest BCUT2D eigenvalue weighted by Gasteiger charge is -2.15. The molecule has 0 bridgehead atoms. The molecule has 1 unspecified atom stereocenters. The highest BCUT2D eigenvalue weighted by atomic mass is 32.2. The number of methoxy groups -OCH3 is 1. The molecule has 1 atom stereocenters. The zero-order valence-corrected chi connectivity index (χ0v) is 18.5. The van der Waals surface area contributed by atoms with Crippen LogP contribution in [-0.4, -0.2) is 33.7 Å². The molecule has 2 aromatic carbocycles. The van der Waals surface area contributed by atoms with Crippen molar-refractivity contribution in [2.45, 2.75) is 11.1 Å². The number of hydrogen-bond acceptors (Lipinski definition) is 8. The number of ether oxygens (including phenoxy) is 2. The third-order valence-corrected chi connectivity index (χ3v) is 5.47. The number of amides is 1. The van der Waals surface area contributed by atoms with Crippen LogP contribution >= 0.6 is 0 Å². The molecule has 0 saturated heterocycles. The summed E-state index contributed by atoms with van der Waals surface area (Å²) in [7, 11) is -1.80. The fourth-order valence-corrected chi connectivity index (χ4v) is 3.38. The average molecular weight is 491 g/mol. The van der Waals surface area contributed by atoms with Crippen molar-refractivity contribution in [1.82, 2.24) is 10.2 Å². The molecule has 1 aromatic heterocycles. The van der Waals surface area contributed by atoms with Gasteiger partial charge in [0, 0.05) is 29.0 Å². The first-order valence-corrected chi connectivity index (χ1v) is 11.2. The van der Waals surface area contributed by atoms with Gasteiger partial charge in [-0.2, -0.15) is 18.4 Å². The Morgan fingerprint density at radius 3 is 2.47 bits per heavy atom. The van der Waals surface area contributed by atoms with Crippen LogP contribution < -0.4 is 14.8 Å². The number of hydrogen-bond donors (Lipinski definition) is 2. The van der Waals surface area contributed by atoms with Gasteiger partial charge in [0.2, 0.25) is 0 Å². The standard InChI is InChI=1S/C21H16F3N5O4S/c1-32-16-8-12(11-25)6-7-15(16)33-17-10-18(21(22,23)24)28-29-19(17)20(30)27-13-4-3-5-14(9-13)34(2,26)31/h3-10,26H,1-2H3,(H,27,30). The lowest BCUT2D eigenvalue weighted by atomic mass is 10.2. The number of aromatic nitrogens is 2. The fourth-order valence-electron chi connectivity index (χ4n) is 2.69. The number of anilines is 1. The highest BCUT2D eigenvalue weighted by molar-refractivity contribution is 7.91. The molecule has 1 amide bonds. The molecule has 34 heavy (non-hydrogen) atoms. The summed E-state index contributed by atoms with van der Waals surface area (Å²) < 4.78 is 69.9. The molecule has 0 fully saturated rings. The minimum atomic E-state index is -4.86. The molecule has 3 rings (SSSR count). The van der Waals surface area contributed by atoms with Crippen molar-refractivity contribution >= 4 is 21.3 Å². The second-order valence-corrected chi connectivity index (χ2v) is 9.00. The van der Waals surface area contributed by atoms with Crippen LogP contribution in [0.25, 0.3) is 0 Å². The van der Waals surface area contributed by atoms with Gasteiger partial charge in [0.1, 0.15) is 0 Å². The maximum absolute atomic E-state index is 13.2. The summed E-state index contributed by atoms with van der Waals surface area (Å²) in [6, 6.07) is 12.0. The van der Waals surface area contributed by atoms with E-state index in [1.165, 1.54) is 55.8 Å². The number of nitriles is 1. The van der Waals surface area contributed by atoms with Gasteiger partial charge in [0.05, 0.1) is 28.5 Å². The molecule has 0 aliphatic rings. The molecule has 3 aromatic rings. The molecule has 2 N–H and O–H groups in total. The molecule has 0 radical (unpaired) electrons. The van der Waals surface area contributed by atoms with E-state index in [4.69, 9.17) is 19.5 Å². The minimum Gasteiger partial charge on any atom is -0.493 e. The number of nitrogens with one attached hydrogen (secondary N) is 2. The van der Waals surface area contributed by atoms with Gasteiger partial charge >= 0.3 is 6.18 Å². The monoisotopic (exact) mass is 491 g/mol. The van der Waals surface area contributed by atoms with Crippen LogP contribution in [-0.2, 0) is 15.9 Å². The third-order valence-electron chi connectivity index (χ3n) is 4.32. The molecule has 9 nitrogen and oxygen atoms in total. The van der Waals surface area contributed by atoms with Crippen molar-refractivity contribution in [3.8, 4) is 23.3 Å². The van der Waals surface area contributed by atoms with E-state index < -0.39 is 38.9 Å². The Morgan fingerprint density at radius 2 is 1.85 bits per heavy atom. The van der Waals surface area contributed by atoms with Crippen molar-refractivity contribution in [3.63, 3.8) is 0 Å². The smallest absolute Gasteiger partial charge is 0.435 e. The predicted molar refractivity (Wildman–Crippen MR) is 114 cm³/mol. The van der Waals surface area contributed by atoms with Crippen LogP contribution in [0.4, 0.5) is 18.9 Å². The Kier molecular flexibility index (Phi) is 6.73. The molecule has 176 valence electrons. The van der Waals surface area contributed by atoms with Gasteiger partial charge in [-0.15, -0.1) is 10.2 Å². The Morgan fingerprint density at radius 1 is 1.12 bits per heavy atom. The van der Waals surface area contributed by atoms with Gasteiger partial charge in [0.15, 0.2) is 28.6 Å². The maximum Gasteiger partial charge on any atom is 0.435 e. The van der Waals surface area contributed by atoms with Gasteiger partial charge in [-0.25, -0.2) is 8.99 Å². The number of benzene rings is 2. The Balaban J connectivity index is 2.03. The molecular formula is C21H16F3N5O4S. The van der Waals surface area contributed by atoms with E-state index in [9.17, 15) is 22.2 Å². The SMILES string of the molecule is COc1cc(C#N)ccc1Oc1cc(C(F)(F)F)nnc1C(=O)Nc1cccc(S(C)(=N)=O)c1. The summed E-state index contributed by atoms with van der Waals surface area (Å²) in [6.07, 6.45) is -3.66. The topological polar surface area (TPSA) is 138 Å². The molecule has 0 saturated carbocycles. The number of rotatable bonds is 6. The van der Waals surface area contributed by atoms with E-state index in [-0.39, 0.29) is 27.6 Å². The molecule has 0 aliphatic heterocycles. The number of carbonyl (C=O) groups excluding carboxylic acids is 1. The maximum atomic E-state index is 13.2. The summed E-state index contributed by atoms with van der Waals surface area (Å²) in [4.78, 5) is 13.0. The van der Waals surface area contributed by atoms with Gasteiger partial charge < -0.3 is 14.8 Å². The van der Waals surface area contributed by atoms with Crippen LogP contribution in [0.2, 0.25) is 0 Å². The van der Waals surface area contributed by atoms with Crippen molar-refractivity contribution in [1.29, 1.82) is 10.0 Å². The molecule has 13 heteroatoms. The largest absolute Gasteiger partial charge is 0.493 e. The van der Waals surface area contributed by atoms with Crippen LogP contribution in [0.15, 0.2) is 53.4 Å². The fraction of sp³-hybridized carbons (Fsp3) is 0.143. The average Bonchev–Trinajstić information content (AvgIpc) is 2.78. The summed E-state index contributed by atoms with van der Waals surface area (Å²) >= 11 is 0. The normalized spacial score (nSPS) is 12.8. The first-order valence-electron chi connectivity index (χ1n) is 9.28. The predicted octanol–water partition coefficient (Wildman–Crippen LogP) is 4.46. The second-order valence-electron chi connectivity index (χ2n) is 6.85.